The van der Waals surface area contributed by atoms with E-state index in [2.05, 4.69) is 21.2 Å². The van der Waals surface area contributed by atoms with Gasteiger partial charge in [-0.3, -0.25) is 9.63 Å². The molecule has 10 heteroatoms. The van der Waals surface area contributed by atoms with Crippen molar-refractivity contribution >= 4 is 55.8 Å². The van der Waals surface area contributed by atoms with Crippen molar-refractivity contribution in [2.45, 2.75) is 19.4 Å². The molecule has 1 amide bonds. The van der Waals surface area contributed by atoms with Crippen LogP contribution < -0.4 is 10.8 Å². The number of halogens is 5. The molecule has 2 aromatic carbocycles. The summed E-state index contributed by atoms with van der Waals surface area (Å²) >= 11 is 4.73. The summed E-state index contributed by atoms with van der Waals surface area (Å²) in [6.45, 7) is 1.54. The summed E-state index contributed by atoms with van der Waals surface area (Å²) in [4.78, 5) is 17.2. The Morgan fingerprint density at radius 3 is 2.63 bits per heavy atom. The summed E-state index contributed by atoms with van der Waals surface area (Å²) in [6.07, 6.45) is -0.383. The highest BCUT2D eigenvalue weighted by atomic mass is 127. The van der Waals surface area contributed by atoms with Gasteiger partial charge in [0.05, 0.1) is 27.5 Å². The van der Waals surface area contributed by atoms with E-state index in [-0.39, 0.29) is 22.3 Å². The van der Waals surface area contributed by atoms with Gasteiger partial charge in [-0.05, 0) is 69.2 Å². The molecule has 27 heavy (non-hydrogen) atoms. The van der Waals surface area contributed by atoms with E-state index in [1.807, 2.05) is 28.1 Å². The first kappa shape index (κ1) is 21.9. The van der Waals surface area contributed by atoms with Crippen molar-refractivity contribution in [1.82, 2.24) is 5.48 Å². The average molecular weight is 559 g/mol. The van der Waals surface area contributed by atoms with Crippen LogP contribution in [0.15, 0.2) is 28.7 Å². The summed E-state index contributed by atoms with van der Waals surface area (Å²) in [5.74, 6) is -4.19. The Balaban J connectivity index is 2.34. The van der Waals surface area contributed by atoms with E-state index in [0.29, 0.717) is 9.99 Å². The normalized spacial score (nSPS) is 12.0. The average Bonchev–Trinajstić information content (AvgIpc) is 2.63. The molecule has 1 unspecified atom stereocenters. The van der Waals surface area contributed by atoms with Crippen LogP contribution in [0.25, 0.3) is 0 Å². The van der Waals surface area contributed by atoms with E-state index in [0.717, 1.165) is 6.07 Å². The Morgan fingerprint density at radius 2 is 2.00 bits per heavy atom. The van der Waals surface area contributed by atoms with Crippen LogP contribution in [0.5, 0.6) is 0 Å². The Kier molecular flexibility index (Phi) is 7.89. The highest BCUT2D eigenvalue weighted by Gasteiger charge is 2.23. The van der Waals surface area contributed by atoms with E-state index in [9.17, 15) is 23.1 Å². The second kappa shape index (κ2) is 9.71. The van der Waals surface area contributed by atoms with Crippen LogP contribution in [0.4, 0.5) is 24.5 Å². The number of hydrogen-bond acceptors (Lipinski definition) is 4. The quantitative estimate of drug-likeness (QED) is 0.263. The molecule has 1 atom stereocenters. The lowest BCUT2D eigenvalue weighted by Crippen LogP contribution is -2.29. The standard InChI is InChI=1S/C17H15BrF3IN2O3/c1-2-9(25)7-27-24-17(26)10-6-11(18)14(20)15(21)16(10)23-13-4-3-8(22)5-12(13)19/h3-6,9,23,25H,2,7H2,1H3,(H,24,26). The zero-order valence-corrected chi connectivity index (χ0v) is 17.7. The maximum absolute atomic E-state index is 14.4. The van der Waals surface area contributed by atoms with Gasteiger partial charge in [0.2, 0.25) is 0 Å². The number of aliphatic hydroxyl groups excluding tert-OH is 1. The minimum absolute atomic E-state index is 0.132. The molecule has 0 fully saturated rings. The van der Waals surface area contributed by atoms with Gasteiger partial charge in [0, 0.05) is 3.57 Å². The number of nitrogens with one attached hydrogen (secondary N) is 2. The van der Waals surface area contributed by atoms with Crippen LogP contribution in [0.3, 0.4) is 0 Å². The first-order valence-electron chi connectivity index (χ1n) is 7.74. The topological polar surface area (TPSA) is 70.6 Å². The molecule has 0 aliphatic heterocycles. The summed E-state index contributed by atoms with van der Waals surface area (Å²) in [5, 5.41) is 11.8. The molecule has 0 spiro atoms. The van der Waals surface area contributed by atoms with E-state index >= 15 is 0 Å². The van der Waals surface area contributed by atoms with Crippen LogP contribution in [-0.4, -0.2) is 23.7 Å². The SMILES string of the molecule is CCC(O)CONC(=O)c1cc(Br)c(F)c(F)c1Nc1ccc(I)cc1F. The van der Waals surface area contributed by atoms with Crippen LogP contribution in [0.2, 0.25) is 0 Å². The Labute approximate surface area is 175 Å². The van der Waals surface area contributed by atoms with Crippen molar-refractivity contribution < 1.29 is 27.9 Å². The molecule has 2 aromatic rings. The Morgan fingerprint density at radius 1 is 1.30 bits per heavy atom. The van der Waals surface area contributed by atoms with Crippen LogP contribution in [0.1, 0.15) is 23.7 Å². The second-order valence-corrected chi connectivity index (χ2v) is 7.56. The zero-order chi connectivity index (χ0) is 20.1. The molecule has 0 aliphatic carbocycles. The lowest BCUT2D eigenvalue weighted by atomic mass is 10.1. The van der Waals surface area contributed by atoms with Crippen molar-refractivity contribution in [2.75, 3.05) is 11.9 Å². The third-order valence-electron chi connectivity index (χ3n) is 3.51. The van der Waals surface area contributed by atoms with Crippen molar-refractivity contribution in [3.05, 3.63) is 55.3 Å². The fourth-order valence-corrected chi connectivity index (χ4v) is 2.85. The third-order valence-corrected chi connectivity index (χ3v) is 4.76. The highest BCUT2D eigenvalue weighted by molar-refractivity contribution is 14.1. The van der Waals surface area contributed by atoms with Gasteiger partial charge in [0.25, 0.3) is 5.91 Å². The zero-order valence-electron chi connectivity index (χ0n) is 14.0. The number of rotatable bonds is 7. The molecule has 0 radical (unpaired) electrons. The number of hydrogen-bond donors (Lipinski definition) is 3. The molecule has 0 bridgehead atoms. The largest absolute Gasteiger partial charge is 0.391 e. The molecule has 5 nitrogen and oxygen atoms in total. The van der Waals surface area contributed by atoms with Crippen molar-refractivity contribution in [3.8, 4) is 0 Å². The van der Waals surface area contributed by atoms with Crippen molar-refractivity contribution in [2.24, 2.45) is 0 Å². The predicted octanol–water partition coefficient (Wildman–Crippen LogP) is 4.65. The number of aliphatic hydroxyl groups is 1. The number of benzene rings is 2. The van der Waals surface area contributed by atoms with E-state index in [4.69, 9.17) is 4.84 Å². The molecule has 3 N–H and O–H groups in total. The summed E-state index contributed by atoms with van der Waals surface area (Å²) in [6, 6.07) is 5.14. The Bertz CT molecular complexity index is 855. The van der Waals surface area contributed by atoms with Gasteiger partial charge in [0.15, 0.2) is 11.6 Å². The van der Waals surface area contributed by atoms with E-state index in [1.54, 1.807) is 13.0 Å². The highest BCUT2D eigenvalue weighted by Crippen LogP contribution is 2.32. The summed E-state index contributed by atoms with van der Waals surface area (Å²) in [5.41, 5.74) is 1.05. The van der Waals surface area contributed by atoms with Gasteiger partial charge < -0.3 is 10.4 Å². The fourth-order valence-electron chi connectivity index (χ4n) is 2.00. The predicted molar refractivity (Wildman–Crippen MR) is 106 cm³/mol. The first-order valence-corrected chi connectivity index (χ1v) is 9.61. The molecule has 0 saturated heterocycles. The van der Waals surface area contributed by atoms with Crippen LogP contribution in [-0.2, 0) is 4.84 Å². The molecule has 0 aliphatic rings. The van der Waals surface area contributed by atoms with Gasteiger partial charge in [-0.2, -0.15) is 0 Å². The molecule has 0 heterocycles. The summed E-state index contributed by atoms with van der Waals surface area (Å²) < 4.78 is 42.8. The number of carbonyl (C=O) groups excluding carboxylic acids is 1. The second-order valence-electron chi connectivity index (χ2n) is 5.46. The van der Waals surface area contributed by atoms with Gasteiger partial charge in [-0.1, -0.05) is 6.92 Å². The van der Waals surface area contributed by atoms with Gasteiger partial charge in [-0.25, -0.2) is 18.7 Å². The molecular weight excluding hydrogens is 544 g/mol. The number of amides is 1. The van der Waals surface area contributed by atoms with Gasteiger partial charge in [-0.15, -0.1) is 0 Å². The lowest BCUT2D eigenvalue weighted by molar-refractivity contribution is -0.0133. The van der Waals surface area contributed by atoms with Crippen LogP contribution in [0, 0.1) is 21.0 Å². The van der Waals surface area contributed by atoms with Gasteiger partial charge >= 0.3 is 0 Å². The van der Waals surface area contributed by atoms with E-state index in [1.165, 1.54) is 12.1 Å². The molecule has 0 saturated carbocycles. The summed E-state index contributed by atoms with van der Waals surface area (Å²) in [7, 11) is 0. The minimum atomic E-state index is -1.36. The maximum Gasteiger partial charge on any atom is 0.277 e. The maximum atomic E-state index is 14.4. The Hall–Kier alpha value is -1.37. The smallest absolute Gasteiger partial charge is 0.277 e. The number of anilines is 2. The molecule has 2 rings (SSSR count). The molecule has 0 aromatic heterocycles. The van der Waals surface area contributed by atoms with E-state index < -0.39 is 35.2 Å². The first-order chi connectivity index (χ1) is 12.7. The fraction of sp³-hybridized carbons (Fsp3) is 0.235. The number of hydroxylamine groups is 1. The third kappa shape index (κ3) is 5.56. The van der Waals surface area contributed by atoms with Crippen LogP contribution >= 0.6 is 38.5 Å². The van der Waals surface area contributed by atoms with Crippen molar-refractivity contribution in [3.63, 3.8) is 0 Å². The number of carbonyl (C=O) groups is 1. The van der Waals surface area contributed by atoms with Crippen molar-refractivity contribution in [1.29, 1.82) is 0 Å². The molecule has 146 valence electrons. The lowest BCUT2D eigenvalue weighted by Gasteiger charge is -2.16. The monoisotopic (exact) mass is 558 g/mol. The van der Waals surface area contributed by atoms with Gasteiger partial charge in [0.1, 0.15) is 12.4 Å². The minimum Gasteiger partial charge on any atom is -0.391 e. The molecular formula is C17H15BrF3IN2O3.